The summed E-state index contributed by atoms with van der Waals surface area (Å²) in [6.07, 6.45) is 0. The van der Waals surface area contributed by atoms with Crippen LogP contribution in [0.1, 0.15) is 18.5 Å². The molecule has 0 spiro atoms. The minimum Gasteiger partial charge on any atom is -0.337 e. The first-order valence-corrected chi connectivity index (χ1v) is 9.14. The molecular weight excluding hydrogens is 346 g/mol. The number of thiazole rings is 1. The number of anilines is 1. The number of rotatable bonds is 4. The molecule has 0 aliphatic rings. The Morgan fingerprint density at radius 1 is 1.19 bits per heavy atom. The van der Waals surface area contributed by atoms with Gasteiger partial charge in [0, 0.05) is 11.1 Å². The highest BCUT2D eigenvalue weighted by atomic mass is 32.1. The molecule has 0 radical (unpaired) electrons. The summed E-state index contributed by atoms with van der Waals surface area (Å²) in [4.78, 5) is 24.3. The molecule has 4 aromatic rings. The van der Waals surface area contributed by atoms with Gasteiger partial charge in [-0.15, -0.1) is 11.3 Å². The Kier molecular flexibility index (Phi) is 4.37. The molecule has 0 fully saturated rings. The fourth-order valence-electron chi connectivity index (χ4n) is 2.72. The summed E-state index contributed by atoms with van der Waals surface area (Å²) in [5.41, 5.74) is 6.01. The van der Waals surface area contributed by atoms with Crippen molar-refractivity contribution in [3.8, 4) is 11.5 Å². The van der Waals surface area contributed by atoms with Crippen LogP contribution in [0.2, 0.25) is 0 Å². The van der Waals surface area contributed by atoms with Gasteiger partial charge >= 0.3 is 6.03 Å². The molecule has 0 aliphatic heterocycles. The number of carbonyl (C=O) groups excluding carboxylic acids is 1. The van der Waals surface area contributed by atoms with Crippen LogP contribution < -0.4 is 10.6 Å². The maximum Gasteiger partial charge on any atom is 0.319 e. The third-order valence-corrected chi connectivity index (χ3v) is 4.65. The fourth-order valence-corrected chi connectivity index (χ4v) is 3.26. The second kappa shape index (κ2) is 6.97. The monoisotopic (exact) mass is 363 g/mol. The van der Waals surface area contributed by atoms with Crippen molar-refractivity contribution in [3.05, 3.63) is 65.0 Å². The first kappa shape index (κ1) is 16.3. The molecule has 2 amide bonds. The van der Waals surface area contributed by atoms with E-state index in [2.05, 4.69) is 25.6 Å². The van der Waals surface area contributed by atoms with E-state index in [0.717, 1.165) is 28.1 Å². The molecule has 0 saturated heterocycles. The summed E-state index contributed by atoms with van der Waals surface area (Å²) in [6.45, 7) is 1.95. The molecule has 7 heteroatoms. The molecule has 2 heterocycles. The number of nitrogens with one attached hydrogen (secondary N) is 3. The standard InChI is InChI=1S/C19H17N5OS/c1-12(13-5-3-2-4-6-13)21-19(25)22-14-7-8-15-16(9-14)24-18(23-15)17-10-26-11-20-17/h2-12H,1H3,(H,23,24)(H2,21,22,25)/t12-/m1/s1. The van der Waals surface area contributed by atoms with E-state index in [1.165, 1.54) is 11.3 Å². The number of nitrogens with zero attached hydrogens (tertiary/aromatic N) is 2. The van der Waals surface area contributed by atoms with E-state index >= 15 is 0 Å². The largest absolute Gasteiger partial charge is 0.337 e. The lowest BCUT2D eigenvalue weighted by atomic mass is 10.1. The fraction of sp³-hybridized carbons (Fsp3) is 0.105. The van der Waals surface area contributed by atoms with E-state index in [9.17, 15) is 4.79 Å². The number of hydrogen-bond donors (Lipinski definition) is 3. The van der Waals surface area contributed by atoms with Gasteiger partial charge in [-0.25, -0.2) is 14.8 Å². The molecule has 0 unspecified atom stereocenters. The number of hydrogen-bond acceptors (Lipinski definition) is 4. The third kappa shape index (κ3) is 3.43. The Morgan fingerprint density at radius 3 is 2.81 bits per heavy atom. The number of benzene rings is 2. The highest BCUT2D eigenvalue weighted by Crippen LogP contribution is 2.23. The van der Waals surface area contributed by atoms with Gasteiger partial charge in [0.15, 0.2) is 5.82 Å². The van der Waals surface area contributed by atoms with E-state index in [0.29, 0.717) is 5.69 Å². The predicted octanol–water partition coefficient (Wildman–Crippen LogP) is 4.57. The van der Waals surface area contributed by atoms with Crippen LogP contribution in [0, 0.1) is 0 Å². The lowest BCUT2D eigenvalue weighted by Gasteiger charge is -2.15. The summed E-state index contributed by atoms with van der Waals surface area (Å²) < 4.78 is 0. The highest BCUT2D eigenvalue weighted by molar-refractivity contribution is 7.07. The Balaban J connectivity index is 1.47. The Hall–Kier alpha value is -3.19. The van der Waals surface area contributed by atoms with Crippen LogP contribution in [-0.4, -0.2) is 21.0 Å². The number of aromatic nitrogens is 3. The number of aromatic amines is 1. The molecular formula is C19H17N5OS. The van der Waals surface area contributed by atoms with E-state index in [-0.39, 0.29) is 12.1 Å². The van der Waals surface area contributed by atoms with Gasteiger partial charge in [-0.3, -0.25) is 0 Å². The van der Waals surface area contributed by atoms with Crippen LogP contribution in [-0.2, 0) is 0 Å². The average Bonchev–Trinajstić information content (AvgIpc) is 3.31. The minimum atomic E-state index is -0.254. The van der Waals surface area contributed by atoms with E-state index < -0.39 is 0 Å². The Labute approximate surface area is 154 Å². The van der Waals surface area contributed by atoms with Crippen molar-refractivity contribution in [1.82, 2.24) is 20.3 Å². The lowest BCUT2D eigenvalue weighted by molar-refractivity contribution is 0.249. The minimum absolute atomic E-state index is 0.0819. The smallest absolute Gasteiger partial charge is 0.319 e. The molecule has 2 aromatic carbocycles. The van der Waals surface area contributed by atoms with Gasteiger partial charge in [0.1, 0.15) is 5.69 Å². The van der Waals surface area contributed by atoms with Gasteiger partial charge in [0.05, 0.1) is 22.6 Å². The summed E-state index contributed by atoms with van der Waals surface area (Å²) in [5, 5.41) is 7.73. The number of amides is 2. The van der Waals surface area contributed by atoms with E-state index in [4.69, 9.17) is 0 Å². The molecule has 0 bridgehead atoms. The van der Waals surface area contributed by atoms with Crippen molar-refractivity contribution >= 4 is 34.1 Å². The molecule has 1 atom stereocenters. The number of urea groups is 1. The van der Waals surface area contributed by atoms with Crippen molar-refractivity contribution in [2.75, 3.05) is 5.32 Å². The summed E-state index contributed by atoms with van der Waals surface area (Å²) >= 11 is 1.52. The van der Waals surface area contributed by atoms with Gasteiger partial charge in [0.2, 0.25) is 0 Å². The quantitative estimate of drug-likeness (QED) is 0.497. The molecule has 2 aromatic heterocycles. The average molecular weight is 363 g/mol. The van der Waals surface area contributed by atoms with Crippen LogP contribution in [0.25, 0.3) is 22.6 Å². The van der Waals surface area contributed by atoms with Gasteiger partial charge in [0.25, 0.3) is 0 Å². The zero-order valence-electron chi connectivity index (χ0n) is 14.1. The molecule has 4 rings (SSSR count). The normalized spacial score (nSPS) is 12.0. The van der Waals surface area contributed by atoms with Gasteiger partial charge in [-0.2, -0.15) is 0 Å². The second-order valence-electron chi connectivity index (χ2n) is 5.92. The van der Waals surface area contributed by atoms with Crippen LogP contribution in [0.5, 0.6) is 0 Å². The van der Waals surface area contributed by atoms with E-state index in [1.54, 1.807) is 5.51 Å². The molecule has 26 heavy (non-hydrogen) atoms. The van der Waals surface area contributed by atoms with Crippen LogP contribution >= 0.6 is 11.3 Å². The topological polar surface area (TPSA) is 82.7 Å². The van der Waals surface area contributed by atoms with Gasteiger partial charge < -0.3 is 15.6 Å². The molecule has 0 aliphatic carbocycles. The molecule has 3 N–H and O–H groups in total. The number of carbonyl (C=O) groups is 1. The zero-order chi connectivity index (χ0) is 17.9. The van der Waals surface area contributed by atoms with Gasteiger partial charge in [-0.1, -0.05) is 30.3 Å². The van der Waals surface area contributed by atoms with Crippen molar-refractivity contribution in [2.24, 2.45) is 0 Å². The van der Waals surface area contributed by atoms with Crippen LogP contribution in [0.3, 0.4) is 0 Å². The number of imidazole rings is 1. The molecule has 0 saturated carbocycles. The van der Waals surface area contributed by atoms with Crippen LogP contribution in [0.15, 0.2) is 59.4 Å². The van der Waals surface area contributed by atoms with Crippen molar-refractivity contribution in [3.63, 3.8) is 0 Å². The summed E-state index contributed by atoms with van der Waals surface area (Å²) in [7, 11) is 0. The number of fused-ring (bicyclic) bond motifs is 1. The maximum atomic E-state index is 12.3. The number of H-pyrrole nitrogens is 1. The molecule has 130 valence electrons. The zero-order valence-corrected chi connectivity index (χ0v) is 14.9. The second-order valence-corrected chi connectivity index (χ2v) is 6.64. The third-order valence-electron chi connectivity index (χ3n) is 4.06. The molecule has 6 nitrogen and oxygen atoms in total. The first-order valence-electron chi connectivity index (χ1n) is 8.20. The van der Waals surface area contributed by atoms with E-state index in [1.807, 2.05) is 60.8 Å². The van der Waals surface area contributed by atoms with Crippen molar-refractivity contribution in [1.29, 1.82) is 0 Å². The lowest BCUT2D eigenvalue weighted by Crippen LogP contribution is -2.31. The Morgan fingerprint density at radius 2 is 2.04 bits per heavy atom. The van der Waals surface area contributed by atoms with Crippen molar-refractivity contribution < 1.29 is 4.79 Å². The SMILES string of the molecule is C[C@@H](NC(=O)Nc1ccc2[nH]c(-c3cscn3)nc2c1)c1ccccc1. The van der Waals surface area contributed by atoms with Crippen molar-refractivity contribution in [2.45, 2.75) is 13.0 Å². The van der Waals surface area contributed by atoms with Gasteiger partial charge in [-0.05, 0) is 30.7 Å². The maximum absolute atomic E-state index is 12.3. The predicted molar refractivity (Wildman–Crippen MR) is 104 cm³/mol. The summed E-state index contributed by atoms with van der Waals surface area (Å²) in [6, 6.07) is 15.1. The first-order chi connectivity index (χ1) is 12.7. The Bertz CT molecular complexity index is 1030. The highest BCUT2D eigenvalue weighted by Gasteiger charge is 2.11. The van der Waals surface area contributed by atoms with Crippen LogP contribution in [0.4, 0.5) is 10.5 Å². The summed E-state index contributed by atoms with van der Waals surface area (Å²) in [5.74, 6) is 0.723.